The lowest BCUT2D eigenvalue weighted by Gasteiger charge is -2.41. The Kier molecular flexibility index (Phi) is 16.3. The highest BCUT2D eigenvalue weighted by Gasteiger charge is 2.24. The van der Waals surface area contributed by atoms with Crippen molar-refractivity contribution in [1.82, 2.24) is 19.6 Å². The molecule has 194 valence electrons. The van der Waals surface area contributed by atoms with Crippen LogP contribution in [0.5, 0.6) is 0 Å². The summed E-state index contributed by atoms with van der Waals surface area (Å²) in [6, 6.07) is 0.769. The van der Waals surface area contributed by atoms with Crippen LogP contribution in [0, 0.1) is 0 Å². The summed E-state index contributed by atoms with van der Waals surface area (Å²) in [5.74, 6) is 0. The van der Waals surface area contributed by atoms with E-state index >= 15 is 0 Å². The first-order chi connectivity index (χ1) is 14.9. The average Bonchev–Trinajstić information content (AvgIpc) is 2.76. The number of piperazine rings is 1. The van der Waals surface area contributed by atoms with Gasteiger partial charge in [-0.05, 0) is 88.4 Å². The monoisotopic (exact) mass is 456 g/mol. The number of rotatable bonds is 1. The van der Waals surface area contributed by atoms with E-state index in [0.29, 0.717) is 11.1 Å². The summed E-state index contributed by atoms with van der Waals surface area (Å²) in [7, 11) is 2.19. The maximum Gasteiger partial charge on any atom is 0.0594 e. The van der Waals surface area contributed by atoms with Gasteiger partial charge in [0, 0.05) is 56.4 Å². The van der Waals surface area contributed by atoms with Crippen LogP contribution in [0.2, 0.25) is 0 Å². The molecule has 0 saturated carbocycles. The predicted molar refractivity (Wildman–Crippen MR) is 143 cm³/mol. The molecule has 0 N–H and O–H groups in total. The molecule has 0 aromatic carbocycles. The zero-order valence-corrected chi connectivity index (χ0v) is 24.0. The lowest BCUT2D eigenvalue weighted by molar-refractivity contribution is -0.00389. The van der Waals surface area contributed by atoms with Crippen molar-refractivity contribution in [3.8, 4) is 0 Å². The summed E-state index contributed by atoms with van der Waals surface area (Å²) in [6.45, 7) is 33.7. The second-order valence-corrected chi connectivity index (χ2v) is 11.4. The SMILES string of the molecule is CC.CC(C)(C)N1CCOCC1.CC(C)N1CCCCC1.CN1CCN(C(C)(C)C)CC1. The molecule has 0 bridgehead atoms. The van der Waals surface area contributed by atoms with Gasteiger partial charge in [0.25, 0.3) is 0 Å². The van der Waals surface area contributed by atoms with Crippen molar-refractivity contribution in [1.29, 1.82) is 0 Å². The molecule has 0 atom stereocenters. The van der Waals surface area contributed by atoms with Crippen LogP contribution in [0.4, 0.5) is 0 Å². The molecule has 3 aliphatic heterocycles. The number of likely N-dealkylation sites (tertiary alicyclic amines) is 1. The Hall–Kier alpha value is -0.200. The Labute approximate surface area is 202 Å². The van der Waals surface area contributed by atoms with Gasteiger partial charge in [0.15, 0.2) is 0 Å². The number of likely N-dealkylation sites (N-methyl/N-ethyl adjacent to an activating group) is 1. The zero-order valence-electron chi connectivity index (χ0n) is 24.0. The van der Waals surface area contributed by atoms with Crippen LogP contribution in [0.3, 0.4) is 0 Å². The number of piperidine rings is 1. The van der Waals surface area contributed by atoms with E-state index in [-0.39, 0.29) is 0 Å². The molecular formula is C27H60N4O. The Morgan fingerprint density at radius 1 is 0.594 bits per heavy atom. The van der Waals surface area contributed by atoms with Crippen molar-refractivity contribution >= 4 is 0 Å². The van der Waals surface area contributed by atoms with Gasteiger partial charge in [0.1, 0.15) is 0 Å². The molecule has 0 amide bonds. The van der Waals surface area contributed by atoms with E-state index in [1.54, 1.807) is 0 Å². The molecule has 3 fully saturated rings. The van der Waals surface area contributed by atoms with E-state index in [1.165, 1.54) is 58.5 Å². The van der Waals surface area contributed by atoms with Crippen molar-refractivity contribution in [3.05, 3.63) is 0 Å². The van der Waals surface area contributed by atoms with E-state index in [0.717, 1.165) is 32.3 Å². The number of hydrogen-bond donors (Lipinski definition) is 0. The van der Waals surface area contributed by atoms with Crippen LogP contribution in [-0.4, -0.2) is 109 Å². The van der Waals surface area contributed by atoms with Gasteiger partial charge in [-0.25, -0.2) is 0 Å². The molecule has 3 aliphatic rings. The minimum Gasteiger partial charge on any atom is -0.379 e. The average molecular weight is 457 g/mol. The summed E-state index contributed by atoms with van der Waals surface area (Å²) >= 11 is 0. The van der Waals surface area contributed by atoms with Crippen molar-refractivity contribution in [2.45, 2.75) is 106 Å². The van der Waals surface area contributed by atoms with E-state index in [4.69, 9.17) is 4.74 Å². The van der Waals surface area contributed by atoms with E-state index < -0.39 is 0 Å². The van der Waals surface area contributed by atoms with Crippen LogP contribution in [0.25, 0.3) is 0 Å². The van der Waals surface area contributed by atoms with Gasteiger partial charge in [-0.1, -0.05) is 20.3 Å². The van der Waals surface area contributed by atoms with Gasteiger partial charge in [0.2, 0.25) is 0 Å². The standard InChI is InChI=1S/C9H20N2.C8H17NO.C8H17N.C2H6/c1-9(2,3)11-7-5-10(4)6-8-11;1-8(2,3)9-4-6-10-7-5-9;1-8(2)9-6-4-3-5-7-9;1-2/h5-8H2,1-4H3;4-7H2,1-3H3;8H,3-7H2,1-2H3;1-2H3. The van der Waals surface area contributed by atoms with Gasteiger partial charge in [-0.3, -0.25) is 9.80 Å². The van der Waals surface area contributed by atoms with Crippen LogP contribution in [-0.2, 0) is 4.74 Å². The minimum atomic E-state index is 0.323. The zero-order chi connectivity index (χ0) is 24.8. The fraction of sp³-hybridized carbons (Fsp3) is 1.00. The van der Waals surface area contributed by atoms with Gasteiger partial charge in [0.05, 0.1) is 13.2 Å². The Balaban J connectivity index is 0.000000435. The Morgan fingerprint density at radius 2 is 1.00 bits per heavy atom. The first kappa shape index (κ1) is 31.8. The summed E-state index contributed by atoms with van der Waals surface area (Å²) in [5.41, 5.74) is 0.686. The number of hydrogen-bond acceptors (Lipinski definition) is 5. The molecule has 5 nitrogen and oxygen atoms in total. The molecule has 3 saturated heterocycles. The lowest BCUT2D eigenvalue weighted by Crippen LogP contribution is -2.52. The van der Waals surface area contributed by atoms with E-state index in [9.17, 15) is 0 Å². The topological polar surface area (TPSA) is 22.2 Å². The number of nitrogens with zero attached hydrogens (tertiary/aromatic N) is 4. The maximum atomic E-state index is 5.25. The fourth-order valence-corrected chi connectivity index (χ4v) is 4.15. The molecule has 32 heavy (non-hydrogen) atoms. The van der Waals surface area contributed by atoms with Crippen molar-refractivity contribution in [2.24, 2.45) is 0 Å². The number of morpholine rings is 1. The molecule has 0 aliphatic carbocycles. The van der Waals surface area contributed by atoms with Crippen LogP contribution >= 0.6 is 0 Å². The third kappa shape index (κ3) is 14.1. The van der Waals surface area contributed by atoms with Gasteiger partial charge >= 0.3 is 0 Å². The molecule has 0 spiro atoms. The normalized spacial score (nSPS) is 22.1. The molecule has 0 aromatic rings. The predicted octanol–water partition coefficient (Wildman–Crippen LogP) is 5.06. The minimum absolute atomic E-state index is 0.323. The van der Waals surface area contributed by atoms with Gasteiger partial charge in [-0.2, -0.15) is 0 Å². The molecule has 5 heteroatoms. The fourth-order valence-electron chi connectivity index (χ4n) is 4.15. The van der Waals surface area contributed by atoms with E-state index in [2.05, 4.69) is 82.0 Å². The first-order valence-corrected chi connectivity index (χ1v) is 13.4. The largest absolute Gasteiger partial charge is 0.379 e. The Bertz CT molecular complexity index is 422. The lowest BCUT2D eigenvalue weighted by atomic mass is 10.1. The molecule has 0 radical (unpaired) electrons. The summed E-state index contributed by atoms with van der Waals surface area (Å²) in [6.07, 6.45) is 4.28. The quantitative estimate of drug-likeness (QED) is 0.549. The van der Waals surface area contributed by atoms with Crippen molar-refractivity contribution < 1.29 is 4.74 Å². The highest BCUT2D eigenvalue weighted by atomic mass is 16.5. The van der Waals surface area contributed by atoms with Gasteiger partial charge in [-0.15, -0.1) is 0 Å². The maximum absolute atomic E-state index is 5.25. The molecule has 3 heterocycles. The second-order valence-electron chi connectivity index (χ2n) is 11.4. The number of ether oxygens (including phenoxy) is 1. The van der Waals surface area contributed by atoms with Crippen LogP contribution in [0.1, 0.15) is 88.5 Å². The molecule has 0 aromatic heterocycles. The highest BCUT2D eigenvalue weighted by Crippen LogP contribution is 2.15. The third-order valence-corrected chi connectivity index (χ3v) is 6.53. The van der Waals surface area contributed by atoms with Crippen LogP contribution < -0.4 is 0 Å². The second kappa shape index (κ2) is 16.4. The summed E-state index contributed by atoms with van der Waals surface area (Å²) in [5, 5.41) is 0. The molecule has 3 rings (SSSR count). The summed E-state index contributed by atoms with van der Waals surface area (Å²) in [4.78, 5) is 9.95. The van der Waals surface area contributed by atoms with Crippen molar-refractivity contribution in [2.75, 3.05) is 72.6 Å². The first-order valence-electron chi connectivity index (χ1n) is 13.4. The molecular weight excluding hydrogens is 396 g/mol. The van der Waals surface area contributed by atoms with E-state index in [1.807, 2.05) is 13.8 Å². The summed E-state index contributed by atoms with van der Waals surface area (Å²) < 4.78 is 5.25. The van der Waals surface area contributed by atoms with Gasteiger partial charge < -0.3 is 14.5 Å². The Morgan fingerprint density at radius 3 is 1.31 bits per heavy atom. The third-order valence-electron chi connectivity index (χ3n) is 6.53. The highest BCUT2D eigenvalue weighted by molar-refractivity contribution is 4.80. The molecule has 0 unspecified atom stereocenters. The smallest absolute Gasteiger partial charge is 0.0594 e. The van der Waals surface area contributed by atoms with Crippen LogP contribution in [0.15, 0.2) is 0 Å². The van der Waals surface area contributed by atoms with Crippen molar-refractivity contribution in [3.63, 3.8) is 0 Å².